The SMILES string of the molecule is Cc1ccc2ccc3cc(C(=O)N4CCN(C5CCCCC5)CC4)nc3c2[nH]1. The monoisotopic (exact) mass is 376 g/mol. The zero-order chi connectivity index (χ0) is 19.1. The van der Waals surface area contributed by atoms with Crippen LogP contribution in [-0.4, -0.2) is 57.9 Å². The molecule has 3 heterocycles. The molecule has 5 nitrogen and oxygen atoms in total. The van der Waals surface area contributed by atoms with Crippen LogP contribution in [0.4, 0.5) is 0 Å². The largest absolute Gasteiger partial charge is 0.357 e. The van der Waals surface area contributed by atoms with E-state index < -0.39 is 0 Å². The summed E-state index contributed by atoms with van der Waals surface area (Å²) >= 11 is 0. The number of hydrogen-bond acceptors (Lipinski definition) is 3. The quantitative estimate of drug-likeness (QED) is 0.732. The molecule has 5 rings (SSSR count). The van der Waals surface area contributed by atoms with Gasteiger partial charge >= 0.3 is 0 Å². The third kappa shape index (κ3) is 3.18. The van der Waals surface area contributed by atoms with Gasteiger partial charge in [-0.25, -0.2) is 4.98 Å². The fourth-order valence-electron chi connectivity index (χ4n) is 4.89. The number of aromatic nitrogens is 2. The summed E-state index contributed by atoms with van der Waals surface area (Å²) in [5.41, 5.74) is 3.57. The van der Waals surface area contributed by atoms with Gasteiger partial charge < -0.3 is 9.88 Å². The summed E-state index contributed by atoms with van der Waals surface area (Å²) in [5, 5.41) is 2.15. The molecule has 0 radical (unpaired) electrons. The lowest BCUT2D eigenvalue weighted by molar-refractivity contribution is 0.0519. The van der Waals surface area contributed by atoms with Gasteiger partial charge in [0, 0.05) is 48.7 Å². The zero-order valence-corrected chi connectivity index (χ0v) is 16.6. The minimum absolute atomic E-state index is 0.0697. The summed E-state index contributed by atoms with van der Waals surface area (Å²) in [6, 6.07) is 11.0. The van der Waals surface area contributed by atoms with E-state index in [1.54, 1.807) is 0 Å². The van der Waals surface area contributed by atoms with Crippen LogP contribution in [0, 0.1) is 6.92 Å². The molecule has 1 amide bonds. The van der Waals surface area contributed by atoms with Crippen LogP contribution in [0.2, 0.25) is 0 Å². The van der Waals surface area contributed by atoms with E-state index in [9.17, 15) is 4.79 Å². The Morgan fingerprint density at radius 1 is 1.00 bits per heavy atom. The minimum atomic E-state index is 0.0697. The van der Waals surface area contributed by atoms with Gasteiger partial charge in [0.2, 0.25) is 0 Å². The first-order valence-electron chi connectivity index (χ1n) is 10.6. The van der Waals surface area contributed by atoms with Crippen LogP contribution in [-0.2, 0) is 0 Å². The molecule has 2 aliphatic rings. The number of rotatable bonds is 2. The Bertz CT molecular complexity index is 1010. The van der Waals surface area contributed by atoms with E-state index in [-0.39, 0.29) is 5.91 Å². The predicted molar refractivity (Wildman–Crippen MR) is 113 cm³/mol. The zero-order valence-electron chi connectivity index (χ0n) is 16.6. The van der Waals surface area contributed by atoms with Gasteiger partial charge in [0.25, 0.3) is 5.91 Å². The molecule has 3 aromatic rings. The Balaban J connectivity index is 1.35. The standard InChI is InChI=1S/C23H28N4O/c1-16-7-8-17-9-10-18-15-20(25-22(18)21(17)24-16)23(28)27-13-11-26(12-14-27)19-5-3-2-4-6-19/h7-10,15,19,24H,2-6,11-14H2,1H3. The van der Waals surface area contributed by atoms with Crippen molar-refractivity contribution < 1.29 is 4.79 Å². The lowest BCUT2D eigenvalue weighted by Crippen LogP contribution is -2.52. The van der Waals surface area contributed by atoms with Crippen molar-refractivity contribution in [2.75, 3.05) is 26.2 Å². The van der Waals surface area contributed by atoms with Crippen LogP contribution in [0.1, 0.15) is 48.3 Å². The van der Waals surface area contributed by atoms with Gasteiger partial charge in [-0.1, -0.05) is 37.5 Å². The molecular weight excluding hydrogens is 348 g/mol. The molecule has 1 aromatic carbocycles. The highest BCUT2D eigenvalue weighted by Crippen LogP contribution is 2.26. The normalized spacial score (nSPS) is 19.5. The van der Waals surface area contributed by atoms with Gasteiger partial charge in [0.15, 0.2) is 0 Å². The number of carbonyl (C=O) groups excluding carboxylic acids is 1. The number of carbonyl (C=O) groups is 1. The number of aromatic amines is 1. The van der Waals surface area contributed by atoms with Gasteiger partial charge in [-0.05, 0) is 31.9 Å². The molecule has 28 heavy (non-hydrogen) atoms. The molecule has 1 saturated heterocycles. The van der Waals surface area contributed by atoms with E-state index in [4.69, 9.17) is 4.98 Å². The Hall–Kier alpha value is -2.40. The van der Waals surface area contributed by atoms with Crippen molar-refractivity contribution in [1.82, 2.24) is 19.8 Å². The highest BCUT2D eigenvalue weighted by Gasteiger charge is 2.28. The molecule has 0 bridgehead atoms. The van der Waals surface area contributed by atoms with Gasteiger partial charge in [-0.15, -0.1) is 0 Å². The first kappa shape index (κ1) is 17.7. The maximum absolute atomic E-state index is 13.1. The average Bonchev–Trinajstić information content (AvgIpc) is 3.19. The van der Waals surface area contributed by atoms with E-state index >= 15 is 0 Å². The third-order valence-corrected chi connectivity index (χ3v) is 6.51. The highest BCUT2D eigenvalue weighted by atomic mass is 16.2. The second-order valence-corrected chi connectivity index (χ2v) is 8.37. The molecular formula is C23H28N4O. The van der Waals surface area contributed by atoms with Crippen molar-refractivity contribution in [2.24, 2.45) is 0 Å². The summed E-state index contributed by atoms with van der Waals surface area (Å²) in [6.45, 7) is 5.65. The van der Waals surface area contributed by atoms with E-state index in [1.807, 2.05) is 17.9 Å². The second kappa shape index (κ2) is 7.21. The van der Waals surface area contributed by atoms with Crippen LogP contribution < -0.4 is 0 Å². The molecule has 1 saturated carbocycles. The van der Waals surface area contributed by atoms with Gasteiger partial charge in [-0.2, -0.15) is 0 Å². The first-order chi connectivity index (χ1) is 13.7. The molecule has 1 N–H and O–H groups in total. The summed E-state index contributed by atoms with van der Waals surface area (Å²) in [6.07, 6.45) is 6.76. The van der Waals surface area contributed by atoms with Crippen LogP contribution >= 0.6 is 0 Å². The van der Waals surface area contributed by atoms with Gasteiger partial charge in [0.05, 0.1) is 11.0 Å². The van der Waals surface area contributed by atoms with Crippen molar-refractivity contribution in [3.05, 3.63) is 41.7 Å². The summed E-state index contributed by atoms with van der Waals surface area (Å²) in [5.74, 6) is 0.0697. The third-order valence-electron chi connectivity index (χ3n) is 6.51. The fraction of sp³-hybridized carbons (Fsp3) is 0.478. The van der Waals surface area contributed by atoms with Gasteiger partial charge in [-0.3, -0.25) is 9.69 Å². The topological polar surface area (TPSA) is 52.2 Å². The van der Waals surface area contributed by atoms with Crippen molar-refractivity contribution in [3.8, 4) is 0 Å². The van der Waals surface area contributed by atoms with E-state index in [1.165, 1.54) is 32.1 Å². The number of nitrogens with one attached hydrogen (secondary N) is 1. The molecule has 0 spiro atoms. The number of benzene rings is 1. The fourth-order valence-corrected chi connectivity index (χ4v) is 4.89. The number of nitrogens with zero attached hydrogens (tertiary/aromatic N) is 3. The molecule has 0 unspecified atom stereocenters. The Labute approximate surface area is 165 Å². The summed E-state index contributed by atoms with van der Waals surface area (Å²) in [4.78, 5) is 25.8. The molecule has 2 aromatic heterocycles. The molecule has 1 aliphatic heterocycles. The minimum Gasteiger partial charge on any atom is -0.357 e. The van der Waals surface area contributed by atoms with Crippen LogP contribution in [0.3, 0.4) is 0 Å². The van der Waals surface area contributed by atoms with Crippen molar-refractivity contribution >= 4 is 27.7 Å². The number of amides is 1. The molecule has 0 atom stereocenters. The number of fused-ring (bicyclic) bond motifs is 3. The highest BCUT2D eigenvalue weighted by molar-refractivity contribution is 6.07. The predicted octanol–water partition coefficient (Wildman–Crippen LogP) is 4.12. The van der Waals surface area contributed by atoms with Gasteiger partial charge in [0.1, 0.15) is 5.69 Å². The maximum atomic E-state index is 13.1. The lowest BCUT2D eigenvalue weighted by Gasteiger charge is -2.40. The van der Waals surface area contributed by atoms with Crippen LogP contribution in [0.15, 0.2) is 30.3 Å². The molecule has 5 heteroatoms. The number of H-pyrrole nitrogens is 1. The van der Waals surface area contributed by atoms with E-state index in [0.717, 1.165) is 59.7 Å². The number of hydrogen-bond donors (Lipinski definition) is 1. The average molecular weight is 377 g/mol. The van der Waals surface area contributed by atoms with E-state index in [2.05, 4.69) is 34.1 Å². The number of pyridine rings is 1. The maximum Gasteiger partial charge on any atom is 0.272 e. The first-order valence-corrected chi connectivity index (χ1v) is 10.6. The van der Waals surface area contributed by atoms with E-state index in [0.29, 0.717) is 5.69 Å². The Morgan fingerprint density at radius 2 is 1.71 bits per heavy atom. The van der Waals surface area contributed by atoms with Crippen molar-refractivity contribution in [1.29, 1.82) is 0 Å². The lowest BCUT2D eigenvalue weighted by atomic mass is 9.94. The molecule has 2 fully saturated rings. The molecule has 1 aliphatic carbocycles. The number of aryl methyl sites for hydroxylation is 1. The smallest absolute Gasteiger partial charge is 0.272 e. The summed E-state index contributed by atoms with van der Waals surface area (Å²) in [7, 11) is 0. The second-order valence-electron chi connectivity index (χ2n) is 8.37. The number of piperazine rings is 1. The van der Waals surface area contributed by atoms with Crippen LogP contribution in [0.5, 0.6) is 0 Å². The Morgan fingerprint density at radius 3 is 2.50 bits per heavy atom. The van der Waals surface area contributed by atoms with Crippen LogP contribution in [0.25, 0.3) is 21.8 Å². The Kier molecular flexibility index (Phi) is 4.55. The van der Waals surface area contributed by atoms with Crippen molar-refractivity contribution in [2.45, 2.75) is 45.1 Å². The summed E-state index contributed by atoms with van der Waals surface area (Å²) < 4.78 is 0. The van der Waals surface area contributed by atoms with Crippen molar-refractivity contribution in [3.63, 3.8) is 0 Å². The molecule has 146 valence electrons.